The molecule has 0 radical (unpaired) electrons. The van der Waals surface area contributed by atoms with Crippen LogP contribution < -0.4 is 5.32 Å². The normalized spacial score (nSPS) is 19.7. The number of likely N-dealkylation sites (N-methyl/N-ethyl adjacent to an activating group) is 1. The van der Waals surface area contributed by atoms with Crippen molar-refractivity contribution in [2.24, 2.45) is 0 Å². The summed E-state index contributed by atoms with van der Waals surface area (Å²) >= 11 is 0. The summed E-state index contributed by atoms with van der Waals surface area (Å²) in [7, 11) is 1.74. The van der Waals surface area contributed by atoms with Crippen LogP contribution in [0.15, 0.2) is 0 Å². The molecule has 1 N–H and O–H groups in total. The lowest BCUT2D eigenvalue weighted by molar-refractivity contribution is -0.131. The van der Waals surface area contributed by atoms with Crippen LogP contribution in [0, 0.1) is 0 Å². The number of alkyl halides is 1. The fraction of sp³-hybridized carbons (Fsp3) is 0.875. The Labute approximate surface area is 71.9 Å². The van der Waals surface area contributed by atoms with Gasteiger partial charge in [0.1, 0.15) is 6.17 Å². The standard InChI is InChI=1S/C8H15FN2O/c1-10-6-8(12)11-4-2-7(9)3-5-11/h7,10H,2-6H2,1H3. The Balaban J connectivity index is 2.29. The third kappa shape index (κ3) is 2.44. The summed E-state index contributed by atoms with van der Waals surface area (Å²) in [4.78, 5) is 13.0. The Bertz CT molecular complexity index is 155. The smallest absolute Gasteiger partial charge is 0.236 e. The molecule has 1 rings (SSSR count). The van der Waals surface area contributed by atoms with Crippen LogP contribution >= 0.6 is 0 Å². The molecule has 12 heavy (non-hydrogen) atoms. The van der Waals surface area contributed by atoms with E-state index in [1.54, 1.807) is 11.9 Å². The van der Waals surface area contributed by atoms with E-state index < -0.39 is 6.17 Å². The van der Waals surface area contributed by atoms with E-state index in [2.05, 4.69) is 5.32 Å². The van der Waals surface area contributed by atoms with Gasteiger partial charge in [-0.25, -0.2) is 4.39 Å². The minimum absolute atomic E-state index is 0.0735. The van der Waals surface area contributed by atoms with Crippen LogP contribution in [0.2, 0.25) is 0 Å². The zero-order chi connectivity index (χ0) is 8.97. The van der Waals surface area contributed by atoms with E-state index in [0.717, 1.165) is 0 Å². The van der Waals surface area contributed by atoms with Crippen molar-refractivity contribution in [1.82, 2.24) is 10.2 Å². The SMILES string of the molecule is CNCC(=O)N1CCC(F)CC1. The molecule has 0 spiro atoms. The molecule has 0 aromatic rings. The van der Waals surface area contributed by atoms with Gasteiger partial charge in [0.25, 0.3) is 0 Å². The Kier molecular flexibility index (Phi) is 3.47. The first-order valence-corrected chi connectivity index (χ1v) is 4.30. The minimum Gasteiger partial charge on any atom is -0.341 e. The molecule has 4 heteroatoms. The van der Waals surface area contributed by atoms with Gasteiger partial charge in [-0.05, 0) is 19.9 Å². The molecular weight excluding hydrogens is 159 g/mol. The van der Waals surface area contributed by atoms with Crippen LogP contribution in [0.25, 0.3) is 0 Å². The van der Waals surface area contributed by atoms with Crippen molar-refractivity contribution >= 4 is 5.91 Å². The van der Waals surface area contributed by atoms with E-state index in [9.17, 15) is 9.18 Å². The Morgan fingerprint density at radius 2 is 2.17 bits per heavy atom. The van der Waals surface area contributed by atoms with Gasteiger partial charge in [-0.15, -0.1) is 0 Å². The number of carbonyl (C=O) groups excluding carboxylic acids is 1. The number of carbonyl (C=O) groups is 1. The summed E-state index contributed by atoms with van der Waals surface area (Å²) in [5.41, 5.74) is 0. The van der Waals surface area contributed by atoms with Crippen molar-refractivity contribution in [1.29, 1.82) is 0 Å². The van der Waals surface area contributed by atoms with Crippen molar-refractivity contribution in [3.8, 4) is 0 Å². The lowest BCUT2D eigenvalue weighted by Gasteiger charge is -2.28. The Morgan fingerprint density at radius 1 is 1.58 bits per heavy atom. The number of hydrogen-bond acceptors (Lipinski definition) is 2. The number of piperidine rings is 1. The average Bonchev–Trinajstić information content (AvgIpc) is 2.06. The van der Waals surface area contributed by atoms with E-state index >= 15 is 0 Å². The second-order valence-corrected chi connectivity index (χ2v) is 3.09. The number of hydrogen-bond donors (Lipinski definition) is 1. The van der Waals surface area contributed by atoms with Crippen LogP contribution in [-0.4, -0.2) is 43.7 Å². The molecule has 0 bridgehead atoms. The summed E-state index contributed by atoms with van der Waals surface area (Å²) in [5.74, 6) is 0.0735. The summed E-state index contributed by atoms with van der Waals surface area (Å²) in [6, 6.07) is 0. The highest BCUT2D eigenvalue weighted by molar-refractivity contribution is 5.78. The first kappa shape index (κ1) is 9.45. The molecule has 1 fully saturated rings. The molecule has 70 valence electrons. The molecule has 0 aliphatic carbocycles. The summed E-state index contributed by atoms with van der Waals surface area (Å²) in [5, 5.41) is 2.79. The summed E-state index contributed by atoms with van der Waals surface area (Å²) in [6.07, 6.45) is 0.286. The quantitative estimate of drug-likeness (QED) is 0.647. The predicted octanol–water partition coefficient (Wildman–Crippen LogP) is 0.166. The molecule has 0 atom stereocenters. The molecule has 1 amide bonds. The monoisotopic (exact) mass is 174 g/mol. The van der Waals surface area contributed by atoms with Gasteiger partial charge < -0.3 is 10.2 Å². The molecular formula is C8H15FN2O. The molecule has 3 nitrogen and oxygen atoms in total. The van der Waals surface area contributed by atoms with Gasteiger partial charge in [0, 0.05) is 13.1 Å². The molecule has 0 unspecified atom stereocenters. The number of amides is 1. The first-order chi connectivity index (χ1) is 5.74. The highest BCUT2D eigenvalue weighted by atomic mass is 19.1. The number of nitrogens with zero attached hydrogens (tertiary/aromatic N) is 1. The van der Waals surface area contributed by atoms with Gasteiger partial charge in [0.2, 0.25) is 5.91 Å². The zero-order valence-electron chi connectivity index (χ0n) is 7.35. The van der Waals surface area contributed by atoms with E-state index in [4.69, 9.17) is 0 Å². The highest BCUT2D eigenvalue weighted by Gasteiger charge is 2.21. The van der Waals surface area contributed by atoms with Gasteiger partial charge in [-0.1, -0.05) is 0 Å². The van der Waals surface area contributed by atoms with Crippen molar-refractivity contribution in [3.05, 3.63) is 0 Å². The van der Waals surface area contributed by atoms with Crippen molar-refractivity contribution < 1.29 is 9.18 Å². The largest absolute Gasteiger partial charge is 0.341 e. The zero-order valence-corrected chi connectivity index (χ0v) is 7.35. The van der Waals surface area contributed by atoms with Gasteiger partial charge in [0.05, 0.1) is 6.54 Å². The number of likely N-dealkylation sites (tertiary alicyclic amines) is 1. The van der Waals surface area contributed by atoms with Crippen LogP contribution in [0.3, 0.4) is 0 Å². The highest BCUT2D eigenvalue weighted by Crippen LogP contribution is 2.12. The number of halogens is 1. The van der Waals surface area contributed by atoms with Crippen molar-refractivity contribution in [2.45, 2.75) is 19.0 Å². The lowest BCUT2D eigenvalue weighted by atomic mass is 10.1. The maximum atomic E-state index is 12.7. The Hall–Kier alpha value is -0.640. The number of nitrogens with one attached hydrogen (secondary N) is 1. The molecule has 0 aromatic heterocycles. The molecule has 1 heterocycles. The number of rotatable bonds is 2. The second kappa shape index (κ2) is 4.40. The molecule has 1 aliphatic rings. The van der Waals surface area contributed by atoms with Gasteiger partial charge >= 0.3 is 0 Å². The van der Waals surface area contributed by atoms with E-state index in [1.165, 1.54) is 0 Å². The summed E-state index contributed by atoms with van der Waals surface area (Å²) < 4.78 is 12.7. The van der Waals surface area contributed by atoms with Crippen LogP contribution in [0.5, 0.6) is 0 Å². The maximum absolute atomic E-state index is 12.7. The van der Waals surface area contributed by atoms with Crippen molar-refractivity contribution in [2.75, 3.05) is 26.7 Å². The molecule has 0 aromatic carbocycles. The second-order valence-electron chi connectivity index (χ2n) is 3.09. The topological polar surface area (TPSA) is 32.3 Å². The van der Waals surface area contributed by atoms with Gasteiger partial charge in [-0.2, -0.15) is 0 Å². The first-order valence-electron chi connectivity index (χ1n) is 4.30. The van der Waals surface area contributed by atoms with Crippen LogP contribution in [-0.2, 0) is 4.79 Å². The summed E-state index contributed by atoms with van der Waals surface area (Å²) in [6.45, 7) is 1.50. The molecule has 1 saturated heterocycles. The van der Waals surface area contributed by atoms with E-state index in [1.807, 2.05) is 0 Å². The minimum atomic E-state index is -0.705. The Morgan fingerprint density at radius 3 is 2.67 bits per heavy atom. The molecule has 0 saturated carbocycles. The van der Waals surface area contributed by atoms with E-state index in [-0.39, 0.29) is 5.91 Å². The van der Waals surface area contributed by atoms with Gasteiger partial charge in [-0.3, -0.25) is 4.79 Å². The third-order valence-electron chi connectivity index (χ3n) is 2.11. The fourth-order valence-electron chi connectivity index (χ4n) is 1.36. The van der Waals surface area contributed by atoms with E-state index in [0.29, 0.717) is 32.5 Å². The van der Waals surface area contributed by atoms with Gasteiger partial charge in [0.15, 0.2) is 0 Å². The molecule has 1 aliphatic heterocycles. The van der Waals surface area contributed by atoms with Crippen molar-refractivity contribution in [3.63, 3.8) is 0 Å². The lowest BCUT2D eigenvalue weighted by Crippen LogP contribution is -2.42. The predicted molar refractivity (Wildman–Crippen MR) is 44.6 cm³/mol. The fourth-order valence-corrected chi connectivity index (χ4v) is 1.36. The maximum Gasteiger partial charge on any atom is 0.236 e. The average molecular weight is 174 g/mol. The van der Waals surface area contributed by atoms with Crippen LogP contribution in [0.1, 0.15) is 12.8 Å². The van der Waals surface area contributed by atoms with Crippen LogP contribution in [0.4, 0.5) is 4.39 Å². The third-order valence-corrected chi connectivity index (χ3v) is 2.11.